The molecular weight excluding hydrogens is 468 g/mol. The van der Waals surface area contributed by atoms with Crippen LogP contribution in [0.1, 0.15) is 31.0 Å². The van der Waals surface area contributed by atoms with Gasteiger partial charge >= 0.3 is 5.97 Å². The predicted molar refractivity (Wildman–Crippen MR) is 133 cm³/mol. The van der Waals surface area contributed by atoms with Crippen molar-refractivity contribution in [1.82, 2.24) is 4.57 Å². The minimum Gasteiger partial charge on any atom is -0.497 e. The monoisotopic (exact) mass is 494 g/mol. The van der Waals surface area contributed by atoms with Crippen LogP contribution < -0.4 is 29.1 Å². The van der Waals surface area contributed by atoms with Crippen molar-refractivity contribution in [3.63, 3.8) is 0 Å². The first-order valence-electron chi connectivity index (χ1n) is 11.0. The molecule has 8 nitrogen and oxygen atoms in total. The van der Waals surface area contributed by atoms with Crippen LogP contribution in [0, 0.1) is 0 Å². The zero-order chi connectivity index (χ0) is 25.1. The highest BCUT2D eigenvalue weighted by atomic mass is 32.1. The van der Waals surface area contributed by atoms with Gasteiger partial charge in [0.25, 0.3) is 5.56 Å². The van der Waals surface area contributed by atoms with Gasteiger partial charge in [0.1, 0.15) is 23.3 Å². The summed E-state index contributed by atoms with van der Waals surface area (Å²) in [6.07, 6.45) is 1.80. The highest BCUT2D eigenvalue weighted by Crippen LogP contribution is 2.37. The van der Waals surface area contributed by atoms with Gasteiger partial charge in [0.05, 0.1) is 43.7 Å². The zero-order valence-electron chi connectivity index (χ0n) is 20.2. The Morgan fingerprint density at radius 1 is 1.06 bits per heavy atom. The Kier molecular flexibility index (Phi) is 7.07. The molecule has 0 bridgehead atoms. The molecule has 0 fully saturated rings. The summed E-state index contributed by atoms with van der Waals surface area (Å²) in [7, 11) is 4.70. The van der Waals surface area contributed by atoms with Gasteiger partial charge in [-0.25, -0.2) is 9.79 Å². The van der Waals surface area contributed by atoms with E-state index in [4.69, 9.17) is 18.9 Å². The van der Waals surface area contributed by atoms with Gasteiger partial charge in [-0.15, -0.1) is 0 Å². The Balaban J connectivity index is 1.98. The maximum Gasteiger partial charge on any atom is 0.338 e. The highest BCUT2D eigenvalue weighted by molar-refractivity contribution is 7.07. The fraction of sp³-hybridized carbons (Fsp3) is 0.269. The fourth-order valence-electron chi connectivity index (χ4n) is 3.99. The fourth-order valence-corrected chi connectivity index (χ4v) is 5.04. The summed E-state index contributed by atoms with van der Waals surface area (Å²) in [6, 6.07) is 11.9. The molecule has 0 radical (unpaired) electrons. The van der Waals surface area contributed by atoms with Crippen LogP contribution >= 0.6 is 11.3 Å². The molecule has 0 saturated carbocycles. The van der Waals surface area contributed by atoms with E-state index in [1.165, 1.54) is 15.9 Å². The molecule has 3 aromatic rings. The van der Waals surface area contributed by atoms with E-state index in [0.717, 1.165) is 11.3 Å². The lowest BCUT2D eigenvalue weighted by Crippen LogP contribution is -2.40. The van der Waals surface area contributed by atoms with Crippen LogP contribution in [-0.4, -0.2) is 38.5 Å². The van der Waals surface area contributed by atoms with E-state index < -0.39 is 12.0 Å². The number of methoxy groups -OCH3 is 3. The summed E-state index contributed by atoms with van der Waals surface area (Å²) in [5.74, 6) is 1.27. The predicted octanol–water partition coefficient (Wildman–Crippen LogP) is 2.82. The number of esters is 1. The van der Waals surface area contributed by atoms with E-state index in [2.05, 4.69) is 4.99 Å². The summed E-state index contributed by atoms with van der Waals surface area (Å²) < 4.78 is 23.6. The third-order valence-corrected chi connectivity index (χ3v) is 6.64. The normalized spacial score (nSPS) is 15.3. The maximum atomic E-state index is 13.7. The van der Waals surface area contributed by atoms with E-state index in [1.807, 2.05) is 24.3 Å². The molecule has 1 atom stereocenters. The molecule has 1 aliphatic heterocycles. The molecule has 35 heavy (non-hydrogen) atoms. The van der Waals surface area contributed by atoms with Gasteiger partial charge in [0.2, 0.25) is 0 Å². The second kappa shape index (κ2) is 10.2. The Hall–Kier alpha value is -3.85. The van der Waals surface area contributed by atoms with Crippen molar-refractivity contribution in [2.75, 3.05) is 27.9 Å². The third kappa shape index (κ3) is 4.59. The topological polar surface area (TPSA) is 88.4 Å². The second-order valence-corrected chi connectivity index (χ2v) is 8.69. The Morgan fingerprint density at radius 3 is 2.37 bits per heavy atom. The van der Waals surface area contributed by atoms with Crippen LogP contribution in [0.2, 0.25) is 0 Å². The van der Waals surface area contributed by atoms with Crippen molar-refractivity contribution in [3.8, 4) is 17.2 Å². The van der Waals surface area contributed by atoms with Crippen molar-refractivity contribution >= 4 is 23.4 Å². The Morgan fingerprint density at radius 2 is 1.74 bits per heavy atom. The summed E-state index contributed by atoms with van der Waals surface area (Å²) in [5.41, 5.74) is 1.93. The van der Waals surface area contributed by atoms with Crippen molar-refractivity contribution in [1.29, 1.82) is 0 Å². The molecule has 9 heteroatoms. The van der Waals surface area contributed by atoms with Crippen molar-refractivity contribution in [3.05, 3.63) is 84.5 Å². The van der Waals surface area contributed by atoms with Crippen LogP contribution in [0.4, 0.5) is 0 Å². The van der Waals surface area contributed by atoms with Gasteiger partial charge in [0, 0.05) is 5.56 Å². The number of ether oxygens (including phenoxy) is 4. The lowest BCUT2D eigenvalue weighted by atomic mass is 9.94. The number of hydrogen-bond acceptors (Lipinski definition) is 8. The molecule has 2 heterocycles. The molecule has 182 valence electrons. The summed E-state index contributed by atoms with van der Waals surface area (Å²) >= 11 is 1.26. The number of rotatable bonds is 7. The molecular formula is C26H26N2O6S. The van der Waals surface area contributed by atoms with Gasteiger partial charge in [-0.1, -0.05) is 23.5 Å². The SMILES string of the molecule is CCOC(=O)C1=C(C)N=c2s/c(=C\c3ccc(OC)cc3)c(=O)n2[C@@H]1c1cc(OC)ccc1OC. The average Bonchev–Trinajstić information content (AvgIpc) is 3.17. The second-order valence-electron chi connectivity index (χ2n) is 7.68. The molecule has 0 spiro atoms. The van der Waals surface area contributed by atoms with Crippen LogP contribution in [0.15, 0.2) is 63.5 Å². The van der Waals surface area contributed by atoms with Crippen molar-refractivity contribution in [2.45, 2.75) is 19.9 Å². The van der Waals surface area contributed by atoms with Gasteiger partial charge in [0.15, 0.2) is 4.80 Å². The quantitative estimate of drug-likeness (QED) is 0.470. The first-order valence-corrected chi connectivity index (χ1v) is 11.8. The van der Waals surface area contributed by atoms with E-state index in [1.54, 1.807) is 59.5 Å². The Bertz CT molecular complexity index is 1470. The van der Waals surface area contributed by atoms with E-state index in [9.17, 15) is 9.59 Å². The average molecular weight is 495 g/mol. The van der Waals surface area contributed by atoms with Gasteiger partial charge < -0.3 is 18.9 Å². The minimum absolute atomic E-state index is 0.194. The van der Waals surface area contributed by atoms with E-state index >= 15 is 0 Å². The van der Waals surface area contributed by atoms with Gasteiger partial charge in [-0.2, -0.15) is 0 Å². The van der Waals surface area contributed by atoms with Gasteiger partial charge in [-0.3, -0.25) is 9.36 Å². The zero-order valence-corrected chi connectivity index (χ0v) is 21.0. The van der Waals surface area contributed by atoms with E-state index in [-0.39, 0.29) is 17.7 Å². The first kappa shape index (κ1) is 24.3. The lowest BCUT2D eigenvalue weighted by Gasteiger charge is -2.26. The van der Waals surface area contributed by atoms with Crippen LogP contribution in [0.5, 0.6) is 17.2 Å². The first-order chi connectivity index (χ1) is 16.9. The van der Waals surface area contributed by atoms with Crippen molar-refractivity contribution < 1.29 is 23.7 Å². The number of aromatic nitrogens is 1. The smallest absolute Gasteiger partial charge is 0.338 e. The highest BCUT2D eigenvalue weighted by Gasteiger charge is 2.35. The third-order valence-electron chi connectivity index (χ3n) is 5.66. The summed E-state index contributed by atoms with van der Waals surface area (Å²) in [4.78, 5) is 31.9. The number of nitrogens with zero attached hydrogens (tertiary/aromatic N) is 2. The number of benzene rings is 2. The standard InChI is InChI=1S/C26H26N2O6S/c1-6-34-25(30)22-15(2)27-26-28(23(22)19-14-18(32-4)11-12-20(19)33-5)24(29)21(35-26)13-16-7-9-17(31-3)10-8-16/h7-14,23H,6H2,1-5H3/b21-13-/t23-/m1/s1. The molecule has 1 aliphatic rings. The van der Waals surface area contributed by atoms with Crippen LogP contribution in [0.25, 0.3) is 6.08 Å². The molecule has 1 aromatic heterocycles. The number of fused-ring (bicyclic) bond motifs is 1. The summed E-state index contributed by atoms with van der Waals surface area (Å²) in [6.45, 7) is 3.67. The summed E-state index contributed by atoms with van der Waals surface area (Å²) in [5, 5.41) is 0. The molecule has 2 aromatic carbocycles. The molecule has 4 rings (SSSR count). The van der Waals surface area contributed by atoms with Gasteiger partial charge in [-0.05, 0) is 55.8 Å². The van der Waals surface area contributed by atoms with Crippen LogP contribution in [-0.2, 0) is 9.53 Å². The molecule has 0 saturated heterocycles. The van der Waals surface area contributed by atoms with E-state index in [0.29, 0.717) is 32.1 Å². The minimum atomic E-state index is -0.798. The molecule has 0 aliphatic carbocycles. The number of hydrogen-bond donors (Lipinski definition) is 0. The molecule has 0 N–H and O–H groups in total. The van der Waals surface area contributed by atoms with Crippen molar-refractivity contribution in [2.24, 2.45) is 4.99 Å². The largest absolute Gasteiger partial charge is 0.497 e. The molecule has 0 amide bonds. The molecule has 0 unspecified atom stereocenters. The van der Waals surface area contributed by atoms with Crippen LogP contribution in [0.3, 0.4) is 0 Å². The Labute approximate surface area is 206 Å². The number of carbonyl (C=O) groups excluding carboxylic acids is 1. The number of thiazole rings is 1. The number of allylic oxidation sites excluding steroid dienone is 1. The number of carbonyl (C=O) groups is 1. The maximum absolute atomic E-state index is 13.7. The lowest BCUT2D eigenvalue weighted by molar-refractivity contribution is -0.139.